The lowest BCUT2D eigenvalue weighted by Crippen LogP contribution is -2.37. The van der Waals surface area contributed by atoms with Crippen molar-refractivity contribution in [3.63, 3.8) is 0 Å². The predicted molar refractivity (Wildman–Crippen MR) is 30.4 cm³/mol. The second kappa shape index (κ2) is 2.24. The molecule has 3 N–H and O–H groups in total. The maximum absolute atomic E-state index is 10.1. The van der Waals surface area contributed by atoms with Crippen LogP contribution in [0.4, 0.5) is 0 Å². The highest BCUT2D eigenvalue weighted by Gasteiger charge is 2.21. The fourth-order valence-electron chi connectivity index (χ4n) is 0.897. The number of rotatable bonds is 1. The molecule has 1 heterocycles. The third-order valence-corrected chi connectivity index (χ3v) is 1.47. The van der Waals surface area contributed by atoms with Crippen molar-refractivity contribution in [1.82, 2.24) is 5.32 Å². The van der Waals surface area contributed by atoms with Crippen LogP contribution in [0.5, 0.6) is 0 Å². The summed E-state index contributed by atoms with van der Waals surface area (Å²) in [6.07, 6.45) is 1.79. The molecular formula is C5H10N2O. The highest BCUT2D eigenvalue weighted by atomic mass is 16.1. The highest BCUT2D eigenvalue weighted by molar-refractivity contribution is 5.59. The van der Waals surface area contributed by atoms with Gasteiger partial charge in [0.15, 0.2) is 0 Å². The molecule has 0 spiro atoms. The molecular weight excluding hydrogens is 104 g/mol. The first-order valence-corrected chi connectivity index (χ1v) is 2.79. The summed E-state index contributed by atoms with van der Waals surface area (Å²) in [6.45, 7) is 0.880. The maximum atomic E-state index is 10.1. The van der Waals surface area contributed by atoms with Crippen LogP contribution in [0.3, 0.4) is 0 Å². The van der Waals surface area contributed by atoms with Crippen LogP contribution >= 0.6 is 0 Å². The SMILES string of the molecule is N[C@@H]1CCNC1C=O. The van der Waals surface area contributed by atoms with E-state index in [9.17, 15) is 4.79 Å². The van der Waals surface area contributed by atoms with Crippen molar-refractivity contribution in [3.05, 3.63) is 0 Å². The van der Waals surface area contributed by atoms with Crippen LogP contribution in [0.15, 0.2) is 0 Å². The summed E-state index contributed by atoms with van der Waals surface area (Å²) < 4.78 is 0. The van der Waals surface area contributed by atoms with Gasteiger partial charge < -0.3 is 15.8 Å². The molecule has 1 rings (SSSR count). The van der Waals surface area contributed by atoms with E-state index in [-0.39, 0.29) is 12.1 Å². The Morgan fingerprint density at radius 1 is 1.75 bits per heavy atom. The van der Waals surface area contributed by atoms with Gasteiger partial charge in [0.2, 0.25) is 0 Å². The van der Waals surface area contributed by atoms with Crippen LogP contribution < -0.4 is 11.1 Å². The van der Waals surface area contributed by atoms with Crippen LogP contribution in [-0.4, -0.2) is 24.9 Å². The van der Waals surface area contributed by atoms with Crippen LogP contribution in [-0.2, 0) is 4.79 Å². The van der Waals surface area contributed by atoms with E-state index in [4.69, 9.17) is 5.73 Å². The Kier molecular flexibility index (Phi) is 1.60. The molecule has 0 aliphatic carbocycles. The largest absolute Gasteiger partial charge is 0.326 e. The third kappa shape index (κ3) is 0.877. The first kappa shape index (κ1) is 5.72. The van der Waals surface area contributed by atoms with Gasteiger partial charge in [-0.1, -0.05) is 0 Å². The summed E-state index contributed by atoms with van der Waals surface area (Å²) in [5, 5.41) is 2.96. The van der Waals surface area contributed by atoms with Crippen molar-refractivity contribution in [2.75, 3.05) is 6.54 Å². The molecule has 0 aromatic rings. The smallest absolute Gasteiger partial charge is 0.138 e. The zero-order chi connectivity index (χ0) is 5.98. The van der Waals surface area contributed by atoms with E-state index >= 15 is 0 Å². The fourth-order valence-corrected chi connectivity index (χ4v) is 0.897. The van der Waals surface area contributed by atoms with Crippen molar-refractivity contribution in [3.8, 4) is 0 Å². The molecule has 46 valence electrons. The minimum absolute atomic E-state index is 0.0486. The molecule has 0 saturated carbocycles. The molecule has 2 atom stereocenters. The van der Waals surface area contributed by atoms with E-state index in [1.54, 1.807) is 0 Å². The predicted octanol–water partition coefficient (Wildman–Crippen LogP) is -1.13. The molecule has 0 bridgehead atoms. The molecule has 0 radical (unpaired) electrons. The zero-order valence-corrected chi connectivity index (χ0v) is 4.63. The van der Waals surface area contributed by atoms with Gasteiger partial charge >= 0.3 is 0 Å². The average Bonchev–Trinajstić information content (AvgIpc) is 2.14. The first-order valence-electron chi connectivity index (χ1n) is 2.79. The number of nitrogens with one attached hydrogen (secondary N) is 1. The van der Waals surface area contributed by atoms with Crippen molar-refractivity contribution in [2.45, 2.75) is 18.5 Å². The van der Waals surface area contributed by atoms with Gasteiger partial charge in [-0.05, 0) is 13.0 Å². The number of hydrogen-bond acceptors (Lipinski definition) is 3. The summed E-state index contributed by atoms with van der Waals surface area (Å²) >= 11 is 0. The molecule has 1 unspecified atom stereocenters. The summed E-state index contributed by atoms with van der Waals surface area (Å²) in [7, 11) is 0. The van der Waals surface area contributed by atoms with E-state index in [0.717, 1.165) is 19.3 Å². The van der Waals surface area contributed by atoms with Gasteiger partial charge in [-0.25, -0.2) is 0 Å². The lowest BCUT2D eigenvalue weighted by molar-refractivity contribution is -0.109. The maximum Gasteiger partial charge on any atom is 0.138 e. The molecule has 0 aromatic carbocycles. The second-order valence-corrected chi connectivity index (χ2v) is 2.07. The Morgan fingerprint density at radius 3 is 2.75 bits per heavy atom. The number of aldehydes is 1. The van der Waals surface area contributed by atoms with Crippen molar-refractivity contribution < 1.29 is 4.79 Å². The summed E-state index contributed by atoms with van der Waals surface area (Å²) in [5.74, 6) is 0. The van der Waals surface area contributed by atoms with Crippen LogP contribution in [0.25, 0.3) is 0 Å². The molecule has 1 fully saturated rings. The number of carbonyl (C=O) groups excluding carboxylic acids is 1. The van der Waals surface area contributed by atoms with Gasteiger partial charge in [-0.3, -0.25) is 0 Å². The molecule has 3 heteroatoms. The van der Waals surface area contributed by atoms with E-state index < -0.39 is 0 Å². The lowest BCUT2D eigenvalue weighted by Gasteiger charge is -2.04. The summed E-state index contributed by atoms with van der Waals surface area (Å²) in [4.78, 5) is 10.1. The van der Waals surface area contributed by atoms with Crippen LogP contribution in [0.1, 0.15) is 6.42 Å². The van der Waals surface area contributed by atoms with Gasteiger partial charge in [0.1, 0.15) is 6.29 Å². The van der Waals surface area contributed by atoms with Crippen LogP contribution in [0.2, 0.25) is 0 Å². The molecule has 1 saturated heterocycles. The van der Waals surface area contributed by atoms with Crippen LogP contribution in [0, 0.1) is 0 Å². The Morgan fingerprint density at radius 2 is 2.50 bits per heavy atom. The molecule has 1 aliphatic heterocycles. The third-order valence-electron chi connectivity index (χ3n) is 1.47. The highest BCUT2D eigenvalue weighted by Crippen LogP contribution is 1.99. The van der Waals surface area contributed by atoms with Gasteiger partial charge in [-0.15, -0.1) is 0 Å². The monoisotopic (exact) mass is 114 g/mol. The van der Waals surface area contributed by atoms with Gasteiger partial charge in [0.05, 0.1) is 6.04 Å². The fraction of sp³-hybridized carbons (Fsp3) is 0.800. The molecule has 1 aliphatic rings. The Hall–Kier alpha value is -0.410. The second-order valence-electron chi connectivity index (χ2n) is 2.07. The lowest BCUT2D eigenvalue weighted by atomic mass is 10.2. The van der Waals surface area contributed by atoms with Gasteiger partial charge in [0, 0.05) is 6.04 Å². The normalized spacial score (nSPS) is 37.6. The molecule has 8 heavy (non-hydrogen) atoms. The summed E-state index contributed by atoms with van der Waals surface area (Å²) in [6, 6.07) is -0.0394. The van der Waals surface area contributed by atoms with E-state index in [1.165, 1.54) is 0 Å². The first-order chi connectivity index (χ1) is 3.84. The zero-order valence-electron chi connectivity index (χ0n) is 4.63. The standard InChI is InChI=1S/C5H10N2O/c6-4-1-2-7-5(4)3-8/h3-5,7H,1-2,6H2/t4-,5?/m1/s1. The van der Waals surface area contributed by atoms with Crippen molar-refractivity contribution in [1.29, 1.82) is 0 Å². The number of carbonyl (C=O) groups is 1. The number of hydrogen-bond donors (Lipinski definition) is 2. The van der Waals surface area contributed by atoms with Gasteiger partial charge in [-0.2, -0.15) is 0 Å². The molecule has 3 nitrogen and oxygen atoms in total. The minimum Gasteiger partial charge on any atom is -0.326 e. The quantitative estimate of drug-likeness (QED) is 0.424. The van der Waals surface area contributed by atoms with Gasteiger partial charge in [0.25, 0.3) is 0 Å². The van der Waals surface area contributed by atoms with E-state index in [1.807, 2.05) is 0 Å². The Labute approximate surface area is 48.2 Å². The molecule has 0 aromatic heterocycles. The molecule has 0 amide bonds. The average molecular weight is 114 g/mol. The topological polar surface area (TPSA) is 55.1 Å². The van der Waals surface area contributed by atoms with Crippen molar-refractivity contribution in [2.24, 2.45) is 5.73 Å². The van der Waals surface area contributed by atoms with Crippen molar-refractivity contribution >= 4 is 6.29 Å². The minimum atomic E-state index is -0.0880. The Bertz CT molecular complexity index is 94.4. The summed E-state index contributed by atoms with van der Waals surface area (Å²) in [5.41, 5.74) is 5.50. The number of nitrogens with two attached hydrogens (primary N) is 1. The van der Waals surface area contributed by atoms with E-state index in [2.05, 4.69) is 5.32 Å². The Balaban J connectivity index is 2.41. The van der Waals surface area contributed by atoms with E-state index in [0.29, 0.717) is 0 Å².